The summed E-state index contributed by atoms with van der Waals surface area (Å²) in [6.07, 6.45) is 6.53. The van der Waals surface area contributed by atoms with Crippen molar-refractivity contribution in [2.24, 2.45) is 0 Å². The van der Waals surface area contributed by atoms with Crippen LogP contribution in [0, 0.1) is 0 Å². The van der Waals surface area contributed by atoms with Gasteiger partial charge in [0.05, 0.1) is 22.5 Å². The summed E-state index contributed by atoms with van der Waals surface area (Å²) in [5.41, 5.74) is 1.13. The monoisotopic (exact) mass is 462 g/mol. The molecule has 0 saturated carbocycles. The van der Waals surface area contributed by atoms with E-state index in [2.05, 4.69) is 22.1 Å². The minimum Gasteiger partial charge on any atom is -0.353 e. The van der Waals surface area contributed by atoms with Crippen LogP contribution >= 0.6 is 23.2 Å². The minimum atomic E-state index is -0.114. The highest BCUT2D eigenvalue weighted by Crippen LogP contribution is 2.23. The van der Waals surface area contributed by atoms with Crippen LogP contribution in [0.3, 0.4) is 0 Å². The van der Waals surface area contributed by atoms with E-state index in [-0.39, 0.29) is 11.8 Å². The number of unbranched alkanes of at least 4 members (excludes halogenated alkanes) is 3. The van der Waals surface area contributed by atoms with Crippen LogP contribution in [0.1, 0.15) is 49.4 Å². The number of nitrogens with zero attached hydrogens (tertiary/aromatic N) is 3. The zero-order valence-corrected chi connectivity index (χ0v) is 19.3. The van der Waals surface area contributed by atoms with E-state index in [1.807, 2.05) is 12.1 Å². The number of aromatic nitrogens is 1. The highest BCUT2D eigenvalue weighted by molar-refractivity contribution is 6.35. The van der Waals surface area contributed by atoms with Crippen LogP contribution in [0.4, 0.5) is 11.5 Å². The molecule has 0 bridgehead atoms. The number of hydrogen-bond acceptors (Lipinski definition) is 4. The maximum atomic E-state index is 12.8. The fraction of sp³-hybridized carbons (Fsp3) is 0.435. The van der Waals surface area contributed by atoms with Crippen molar-refractivity contribution in [1.29, 1.82) is 0 Å². The molecule has 1 aliphatic heterocycles. The molecule has 1 aromatic carbocycles. The summed E-state index contributed by atoms with van der Waals surface area (Å²) in [5, 5.41) is 3.80. The molecule has 3 rings (SSSR count). The standard InChI is InChI=1S/C23H28Cl2N4O2/c1-2-3-4-5-6-22(30)27-18-8-10-21(26-16-18)28-11-13-29(14-12-28)23(31)19-15-17(24)7-9-20(19)25/h7-10,15-16H,2-6,11-14H2,1H3,(H,27,30). The van der Waals surface area contributed by atoms with Crippen LogP contribution in [0.25, 0.3) is 0 Å². The Kier molecular flexibility index (Phi) is 8.55. The Morgan fingerprint density at radius 3 is 2.48 bits per heavy atom. The van der Waals surface area contributed by atoms with Gasteiger partial charge in [-0.1, -0.05) is 49.4 Å². The number of pyridine rings is 1. The number of carbonyl (C=O) groups excluding carboxylic acids is 2. The largest absolute Gasteiger partial charge is 0.353 e. The summed E-state index contributed by atoms with van der Waals surface area (Å²) in [6.45, 7) is 4.62. The van der Waals surface area contributed by atoms with Crippen molar-refractivity contribution >= 4 is 46.5 Å². The van der Waals surface area contributed by atoms with Crippen LogP contribution in [0.15, 0.2) is 36.5 Å². The maximum Gasteiger partial charge on any atom is 0.255 e. The predicted octanol–water partition coefficient (Wildman–Crippen LogP) is 5.26. The van der Waals surface area contributed by atoms with Gasteiger partial charge in [0.25, 0.3) is 5.91 Å². The molecule has 2 amide bonds. The fourth-order valence-electron chi connectivity index (χ4n) is 3.55. The van der Waals surface area contributed by atoms with E-state index in [1.165, 1.54) is 0 Å². The lowest BCUT2D eigenvalue weighted by molar-refractivity contribution is -0.116. The number of carbonyl (C=O) groups is 2. The maximum absolute atomic E-state index is 12.8. The third-order valence-corrected chi connectivity index (χ3v) is 5.90. The summed E-state index contributed by atoms with van der Waals surface area (Å²) < 4.78 is 0. The van der Waals surface area contributed by atoms with Gasteiger partial charge in [0.15, 0.2) is 0 Å². The molecule has 2 aromatic rings. The molecular formula is C23H28Cl2N4O2. The minimum absolute atomic E-state index is 0.0254. The van der Waals surface area contributed by atoms with Crippen molar-refractivity contribution in [1.82, 2.24) is 9.88 Å². The molecule has 1 N–H and O–H groups in total. The number of piperazine rings is 1. The van der Waals surface area contributed by atoms with Gasteiger partial charge in [0, 0.05) is 37.6 Å². The number of halogens is 2. The Balaban J connectivity index is 1.50. The van der Waals surface area contributed by atoms with E-state index in [0.717, 1.165) is 31.5 Å². The number of rotatable bonds is 8. The van der Waals surface area contributed by atoms with Crippen molar-refractivity contribution in [3.63, 3.8) is 0 Å². The van der Waals surface area contributed by atoms with Gasteiger partial charge in [0.1, 0.15) is 5.82 Å². The third-order valence-electron chi connectivity index (χ3n) is 5.34. The molecular weight excluding hydrogens is 435 g/mol. The van der Waals surface area contributed by atoms with E-state index in [1.54, 1.807) is 29.3 Å². The van der Waals surface area contributed by atoms with Crippen molar-refractivity contribution < 1.29 is 9.59 Å². The van der Waals surface area contributed by atoms with Crippen LogP contribution in [0.5, 0.6) is 0 Å². The quantitative estimate of drug-likeness (QED) is 0.543. The number of nitrogens with one attached hydrogen (secondary N) is 1. The number of hydrogen-bond donors (Lipinski definition) is 1. The molecule has 0 radical (unpaired) electrons. The van der Waals surface area contributed by atoms with Gasteiger partial charge in [-0.3, -0.25) is 9.59 Å². The molecule has 0 unspecified atom stereocenters. The number of amides is 2. The summed E-state index contributed by atoms with van der Waals surface area (Å²) in [7, 11) is 0. The molecule has 1 aliphatic rings. The lowest BCUT2D eigenvalue weighted by atomic mass is 10.1. The summed E-state index contributed by atoms with van der Waals surface area (Å²) in [6, 6.07) is 8.69. The molecule has 2 heterocycles. The van der Waals surface area contributed by atoms with Crippen molar-refractivity contribution in [2.75, 3.05) is 36.4 Å². The molecule has 0 aliphatic carbocycles. The molecule has 1 aromatic heterocycles. The van der Waals surface area contributed by atoms with Crippen molar-refractivity contribution in [3.05, 3.63) is 52.1 Å². The highest BCUT2D eigenvalue weighted by Gasteiger charge is 2.24. The zero-order valence-electron chi connectivity index (χ0n) is 17.7. The van der Waals surface area contributed by atoms with Crippen molar-refractivity contribution in [2.45, 2.75) is 39.0 Å². The van der Waals surface area contributed by atoms with Gasteiger partial charge in [-0.25, -0.2) is 4.98 Å². The molecule has 1 fully saturated rings. The lowest BCUT2D eigenvalue weighted by Gasteiger charge is -2.35. The van der Waals surface area contributed by atoms with Crippen LogP contribution in [-0.4, -0.2) is 47.9 Å². The van der Waals surface area contributed by atoms with Gasteiger partial charge >= 0.3 is 0 Å². The smallest absolute Gasteiger partial charge is 0.255 e. The topological polar surface area (TPSA) is 65.5 Å². The first-order chi connectivity index (χ1) is 15.0. The molecule has 31 heavy (non-hydrogen) atoms. The Morgan fingerprint density at radius 1 is 1.03 bits per heavy atom. The highest BCUT2D eigenvalue weighted by atomic mass is 35.5. The van der Waals surface area contributed by atoms with Gasteiger partial charge in [-0.2, -0.15) is 0 Å². The second-order valence-corrected chi connectivity index (χ2v) is 8.51. The lowest BCUT2D eigenvalue weighted by Crippen LogP contribution is -2.49. The van der Waals surface area contributed by atoms with Gasteiger partial charge in [0.2, 0.25) is 5.91 Å². The molecule has 0 atom stereocenters. The van der Waals surface area contributed by atoms with Gasteiger partial charge in [-0.15, -0.1) is 0 Å². The van der Waals surface area contributed by atoms with Crippen LogP contribution in [0.2, 0.25) is 10.0 Å². The Morgan fingerprint density at radius 2 is 1.81 bits per heavy atom. The average Bonchev–Trinajstić information content (AvgIpc) is 2.78. The summed E-state index contributed by atoms with van der Waals surface area (Å²) in [5.74, 6) is 0.739. The summed E-state index contributed by atoms with van der Waals surface area (Å²) in [4.78, 5) is 33.2. The second-order valence-electron chi connectivity index (χ2n) is 7.67. The SMILES string of the molecule is CCCCCCC(=O)Nc1ccc(N2CCN(C(=O)c3cc(Cl)ccc3Cl)CC2)nc1. The first-order valence-electron chi connectivity index (χ1n) is 10.7. The molecule has 8 heteroatoms. The van der Waals surface area contributed by atoms with E-state index < -0.39 is 0 Å². The van der Waals surface area contributed by atoms with Crippen molar-refractivity contribution in [3.8, 4) is 0 Å². The van der Waals surface area contributed by atoms with E-state index in [9.17, 15) is 9.59 Å². The number of benzene rings is 1. The first kappa shape index (κ1) is 23.4. The fourth-order valence-corrected chi connectivity index (χ4v) is 3.92. The van der Waals surface area contributed by atoms with Gasteiger partial charge < -0.3 is 15.1 Å². The van der Waals surface area contributed by atoms with Crippen LogP contribution < -0.4 is 10.2 Å². The molecule has 166 valence electrons. The van der Waals surface area contributed by atoms with Crippen LogP contribution in [-0.2, 0) is 4.79 Å². The van der Waals surface area contributed by atoms with Gasteiger partial charge in [-0.05, 0) is 36.8 Å². The zero-order chi connectivity index (χ0) is 22.2. The molecule has 6 nitrogen and oxygen atoms in total. The average molecular weight is 463 g/mol. The summed E-state index contributed by atoms with van der Waals surface area (Å²) >= 11 is 12.2. The number of anilines is 2. The molecule has 1 saturated heterocycles. The predicted molar refractivity (Wildman–Crippen MR) is 126 cm³/mol. The Hall–Kier alpha value is -2.31. The second kappa shape index (κ2) is 11.3. The normalized spacial score (nSPS) is 13.9. The third kappa shape index (κ3) is 6.58. The van der Waals surface area contributed by atoms with E-state index >= 15 is 0 Å². The first-order valence-corrected chi connectivity index (χ1v) is 11.5. The molecule has 0 spiro atoms. The van der Waals surface area contributed by atoms with E-state index in [4.69, 9.17) is 23.2 Å². The van der Waals surface area contributed by atoms with E-state index in [0.29, 0.717) is 53.9 Å². The Labute approximate surface area is 193 Å². The Bertz CT molecular complexity index is 897.